The molecular weight excluding hydrogens is 272 g/mol. The summed E-state index contributed by atoms with van der Waals surface area (Å²) in [7, 11) is 0. The molecule has 2 nitrogen and oxygen atoms in total. The highest BCUT2D eigenvalue weighted by atomic mass is 16.6. The highest BCUT2D eigenvalue weighted by Gasteiger charge is 2.22. The molecule has 120 valence electrons. The number of benzene rings is 2. The fraction of sp³-hybridized carbons (Fsp3) is 0.400. The molecule has 22 heavy (non-hydrogen) atoms. The van der Waals surface area contributed by atoms with Gasteiger partial charge in [-0.2, -0.15) is 0 Å². The Balaban J connectivity index is 0.000000202. The summed E-state index contributed by atoms with van der Waals surface area (Å²) in [6, 6.07) is 20.3. The van der Waals surface area contributed by atoms with Crippen LogP contribution in [0.4, 0.5) is 0 Å². The summed E-state index contributed by atoms with van der Waals surface area (Å²) in [4.78, 5) is 0. The molecule has 0 aromatic heterocycles. The van der Waals surface area contributed by atoms with Crippen LogP contribution in [0.3, 0.4) is 0 Å². The average molecular weight is 300 g/mol. The van der Waals surface area contributed by atoms with Crippen molar-refractivity contribution in [2.24, 2.45) is 0 Å². The molecule has 1 aliphatic heterocycles. The Morgan fingerprint density at radius 1 is 0.955 bits per heavy atom. The highest BCUT2D eigenvalue weighted by Crippen LogP contribution is 2.13. The number of hydrogen-bond acceptors (Lipinski definition) is 2. The van der Waals surface area contributed by atoms with E-state index < -0.39 is 0 Å². The van der Waals surface area contributed by atoms with Gasteiger partial charge in [0.1, 0.15) is 18.5 Å². The van der Waals surface area contributed by atoms with Crippen molar-refractivity contribution in [3.8, 4) is 5.75 Å². The molecule has 1 aliphatic rings. The summed E-state index contributed by atoms with van der Waals surface area (Å²) in [6.45, 7) is 9.95. The van der Waals surface area contributed by atoms with Crippen LogP contribution in [0.5, 0.6) is 5.75 Å². The maximum atomic E-state index is 5.40. The fourth-order valence-corrected chi connectivity index (χ4v) is 1.71. The molecular formula is C20H28O2. The van der Waals surface area contributed by atoms with E-state index in [1.807, 2.05) is 50.2 Å². The molecule has 3 rings (SSSR count). The van der Waals surface area contributed by atoms with Crippen LogP contribution in [0.15, 0.2) is 60.7 Å². The first kappa shape index (κ1) is 18.2. The van der Waals surface area contributed by atoms with Crippen molar-refractivity contribution in [1.29, 1.82) is 0 Å². The van der Waals surface area contributed by atoms with Crippen LogP contribution in [0, 0.1) is 0 Å². The Bertz CT molecular complexity index is 476. The molecule has 2 aromatic rings. The Labute approximate surface area is 135 Å². The fourth-order valence-electron chi connectivity index (χ4n) is 1.71. The average Bonchev–Trinajstić information content (AvgIpc) is 3.42. The second-order valence-electron chi connectivity index (χ2n) is 5.14. The van der Waals surface area contributed by atoms with Crippen LogP contribution < -0.4 is 4.74 Å². The minimum Gasteiger partial charge on any atom is -0.491 e. The minimum atomic E-state index is 0.343. The van der Waals surface area contributed by atoms with Crippen LogP contribution in [0.2, 0.25) is 0 Å². The van der Waals surface area contributed by atoms with E-state index in [0.717, 1.165) is 12.4 Å². The van der Waals surface area contributed by atoms with Gasteiger partial charge < -0.3 is 9.47 Å². The Morgan fingerprint density at radius 3 is 1.86 bits per heavy atom. The third-order valence-electron chi connectivity index (χ3n) is 3.05. The molecule has 0 amide bonds. The number of rotatable bonds is 4. The zero-order valence-corrected chi connectivity index (χ0v) is 14.2. The second-order valence-corrected chi connectivity index (χ2v) is 5.14. The van der Waals surface area contributed by atoms with E-state index in [1.54, 1.807) is 0 Å². The summed E-state index contributed by atoms with van der Waals surface area (Å²) in [5.74, 6) is 1.58. The third kappa shape index (κ3) is 7.84. The largest absolute Gasteiger partial charge is 0.491 e. The molecule has 0 spiro atoms. The molecule has 1 saturated heterocycles. The van der Waals surface area contributed by atoms with Gasteiger partial charge in [0.15, 0.2) is 0 Å². The van der Waals surface area contributed by atoms with E-state index in [1.165, 1.54) is 5.56 Å². The standard InChI is InChI=1S/C9H10O2.C9H12.C2H6/c1-2-4-8(5-3-1)10-6-9-7-11-9;1-8(2)9-6-4-3-5-7-9;1-2/h1-5,9H,6-7H2;3-8H,1-2H3;1-2H3. The molecule has 0 radical (unpaired) electrons. The zero-order chi connectivity index (χ0) is 16.2. The lowest BCUT2D eigenvalue weighted by Crippen LogP contribution is -2.03. The molecule has 0 saturated carbocycles. The van der Waals surface area contributed by atoms with Gasteiger partial charge in [0.05, 0.1) is 6.61 Å². The smallest absolute Gasteiger partial charge is 0.119 e. The van der Waals surface area contributed by atoms with Crippen molar-refractivity contribution in [2.75, 3.05) is 13.2 Å². The summed E-state index contributed by atoms with van der Waals surface area (Å²) in [6.07, 6.45) is 0.343. The van der Waals surface area contributed by atoms with Gasteiger partial charge in [-0.1, -0.05) is 76.2 Å². The van der Waals surface area contributed by atoms with Crippen LogP contribution in [-0.4, -0.2) is 19.3 Å². The lowest BCUT2D eigenvalue weighted by Gasteiger charge is -2.01. The van der Waals surface area contributed by atoms with Crippen molar-refractivity contribution >= 4 is 0 Å². The molecule has 1 fully saturated rings. The minimum absolute atomic E-state index is 0.343. The van der Waals surface area contributed by atoms with Crippen molar-refractivity contribution in [3.63, 3.8) is 0 Å². The lowest BCUT2D eigenvalue weighted by atomic mass is 10.0. The van der Waals surface area contributed by atoms with E-state index in [0.29, 0.717) is 18.6 Å². The predicted octanol–water partition coefficient (Wildman–Crippen LogP) is 5.30. The van der Waals surface area contributed by atoms with Gasteiger partial charge in [-0.15, -0.1) is 0 Å². The predicted molar refractivity (Wildman–Crippen MR) is 93.6 cm³/mol. The van der Waals surface area contributed by atoms with Gasteiger partial charge in [0.25, 0.3) is 0 Å². The Kier molecular flexibility index (Phi) is 9.01. The second kappa shape index (κ2) is 10.9. The molecule has 2 heteroatoms. The molecule has 1 heterocycles. The summed E-state index contributed by atoms with van der Waals surface area (Å²) in [5, 5.41) is 0. The molecule has 2 aromatic carbocycles. The molecule has 1 unspecified atom stereocenters. The first-order chi connectivity index (χ1) is 10.8. The first-order valence-electron chi connectivity index (χ1n) is 8.10. The van der Waals surface area contributed by atoms with Crippen LogP contribution in [0.25, 0.3) is 0 Å². The van der Waals surface area contributed by atoms with Gasteiger partial charge in [0.2, 0.25) is 0 Å². The topological polar surface area (TPSA) is 21.8 Å². The monoisotopic (exact) mass is 300 g/mol. The van der Waals surface area contributed by atoms with E-state index in [-0.39, 0.29) is 0 Å². The Hall–Kier alpha value is -1.80. The third-order valence-corrected chi connectivity index (χ3v) is 3.05. The normalized spacial score (nSPS) is 15.0. The summed E-state index contributed by atoms with van der Waals surface area (Å²) in [5.41, 5.74) is 1.41. The highest BCUT2D eigenvalue weighted by molar-refractivity contribution is 5.21. The quantitative estimate of drug-likeness (QED) is 0.715. The summed E-state index contributed by atoms with van der Waals surface area (Å²) < 4.78 is 10.4. The number of hydrogen-bond donors (Lipinski definition) is 0. The van der Waals surface area contributed by atoms with Gasteiger partial charge in [0, 0.05) is 0 Å². The number of para-hydroxylation sites is 1. The van der Waals surface area contributed by atoms with E-state index >= 15 is 0 Å². The maximum absolute atomic E-state index is 5.40. The van der Waals surface area contributed by atoms with Gasteiger partial charge in [-0.25, -0.2) is 0 Å². The molecule has 1 atom stereocenters. The first-order valence-corrected chi connectivity index (χ1v) is 8.10. The van der Waals surface area contributed by atoms with E-state index in [9.17, 15) is 0 Å². The van der Waals surface area contributed by atoms with Crippen LogP contribution >= 0.6 is 0 Å². The number of epoxide rings is 1. The summed E-state index contributed by atoms with van der Waals surface area (Å²) >= 11 is 0. The van der Waals surface area contributed by atoms with Gasteiger partial charge in [-0.3, -0.25) is 0 Å². The van der Waals surface area contributed by atoms with E-state index in [2.05, 4.69) is 38.1 Å². The van der Waals surface area contributed by atoms with Crippen LogP contribution in [-0.2, 0) is 4.74 Å². The van der Waals surface area contributed by atoms with Gasteiger partial charge >= 0.3 is 0 Å². The van der Waals surface area contributed by atoms with Crippen molar-refractivity contribution in [2.45, 2.75) is 39.7 Å². The molecule has 0 N–H and O–H groups in total. The number of ether oxygens (including phenoxy) is 2. The Morgan fingerprint density at radius 2 is 1.45 bits per heavy atom. The van der Waals surface area contributed by atoms with Gasteiger partial charge in [-0.05, 0) is 23.6 Å². The molecule has 0 aliphatic carbocycles. The van der Waals surface area contributed by atoms with Crippen molar-refractivity contribution in [3.05, 3.63) is 66.2 Å². The van der Waals surface area contributed by atoms with Crippen molar-refractivity contribution in [1.82, 2.24) is 0 Å². The van der Waals surface area contributed by atoms with Crippen molar-refractivity contribution < 1.29 is 9.47 Å². The maximum Gasteiger partial charge on any atom is 0.119 e. The van der Waals surface area contributed by atoms with E-state index in [4.69, 9.17) is 9.47 Å². The lowest BCUT2D eigenvalue weighted by molar-refractivity contribution is 0.263. The zero-order valence-electron chi connectivity index (χ0n) is 14.2. The SMILES string of the molecule is CC.CC(C)c1ccccc1.c1ccc(OCC2CO2)cc1. The van der Waals surface area contributed by atoms with Crippen LogP contribution in [0.1, 0.15) is 39.2 Å². The molecule has 0 bridgehead atoms.